The molecule has 1 aromatic carbocycles. The third kappa shape index (κ3) is 3.22. The van der Waals surface area contributed by atoms with Crippen LogP contribution in [0.3, 0.4) is 0 Å². The van der Waals surface area contributed by atoms with Crippen LogP contribution in [0.2, 0.25) is 0 Å². The van der Waals surface area contributed by atoms with Crippen LogP contribution < -0.4 is 9.47 Å². The van der Waals surface area contributed by atoms with Crippen LogP contribution in [0.1, 0.15) is 37.3 Å². The van der Waals surface area contributed by atoms with Gasteiger partial charge in [0, 0.05) is 12.1 Å². The van der Waals surface area contributed by atoms with Crippen molar-refractivity contribution in [1.29, 1.82) is 0 Å². The van der Waals surface area contributed by atoms with Gasteiger partial charge in [-0.15, -0.1) is 0 Å². The first-order valence-electron chi connectivity index (χ1n) is 6.61. The molecule has 0 saturated heterocycles. The Labute approximate surface area is 132 Å². The van der Waals surface area contributed by atoms with Crippen LogP contribution in [0.5, 0.6) is 11.5 Å². The predicted molar refractivity (Wildman–Crippen MR) is 83.9 cm³/mol. The summed E-state index contributed by atoms with van der Waals surface area (Å²) in [7, 11) is 3.17. The Morgan fingerprint density at radius 3 is 2.19 bits per heavy atom. The first kappa shape index (κ1) is 15.9. The molecule has 0 aliphatic rings. The molecule has 0 bridgehead atoms. The zero-order chi connectivity index (χ0) is 15.6. The second kappa shape index (κ2) is 6.49. The van der Waals surface area contributed by atoms with Gasteiger partial charge in [0.2, 0.25) is 0 Å². The summed E-state index contributed by atoms with van der Waals surface area (Å²) in [4.78, 5) is 0. The fraction of sp³-hybridized carbons (Fsp3) is 0.400. The van der Waals surface area contributed by atoms with Gasteiger partial charge < -0.3 is 14.6 Å². The molecule has 5 nitrogen and oxygen atoms in total. The summed E-state index contributed by atoms with van der Waals surface area (Å²) in [6.07, 6.45) is 0.865. The Morgan fingerprint density at radius 1 is 1.14 bits per heavy atom. The lowest BCUT2D eigenvalue weighted by Gasteiger charge is -2.18. The van der Waals surface area contributed by atoms with Crippen molar-refractivity contribution >= 4 is 15.9 Å². The summed E-state index contributed by atoms with van der Waals surface area (Å²) >= 11 is 3.45. The molecule has 1 N–H and O–H groups in total. The number of benzene rings is 1. The summed E-state index contributed by atoms with van der Waals surface area (Å²) in [5.74, 6) is 1.27. The summed E-state index contributed by atoms with van der Waals surface area (Å²) in [6.45, 7) is 4.03. The van der Waals surface area contributed by atoms with E-state index in [1.807, 2.05) is 13.8 Å². The van der Waals surface area contributed by atoms with Gasteiger partial charge >= 0.3 is 0 Å². The number of halogens is 1. The number of hydrogen-bond donors (Lipinski definition) is 1. The van der Waals surface area contributed by atoms with E-state index in [-0.39, 0.29) is 6.04 Å². The van der Waals surface area contributed by atoms with Crippen LogP contribution in [-0.4, -0.2) is 29.1 Å². The van der Waals surface area contributed by atoms with Gasteiger partial charge in [0.1, 0.15) is 17.6 Å². The maximum absolute atomic E-state index is 10.7. The molecule has 2 aromatic rings. The first-order chi connectivity index (χ1) is 9.97. The molecular formula is C15H19BrN2O3. The van der Waals surface area contributed by atoms with E-state index in [1.54, 1.807) is 43.3 Å². The Bertz CT molecular complexity index is 603. The third-order valence-electron chi connectivity index (χ3n) is 3.22. The SMILES string of the molecule is COc1cc(OC)cc(C(O)c2c(Br)cnn2C(C)C)c1. The highest BCUT2D eigenvalue weighted by Crippen LogP contribution is 2.34. The van der Waals surface area contributed by atoms with Gasteiger partial charge in [0.05, 0.1) is 30.6 Å². The monoisotopic (exact) mass is 354 g/mol. The molecule has 0 aliphatic heterocycles. The Hall–Kier alpha value is -1.53. The van der Waals surface area contributed by atoms with E-state index in [2.05, 4.69) is 21.0 Å². The maximum Gasteiger partial charge on any atom is 0.122 e. The minimum atomic E-state index is -0.826. The number of methoxy groups -OCH3 is 2. The van der Waals surface area contributed by atoms with Crippen LogP contribution in [0.25, 0.3) is 0 Å². The second-order valence-electron chi connectivity index (χ2n) is 4.96. The van der Waals surface area contributed by atoms with Crippen molar-refractivity contribution in [2.45, 2.75) is 26.0 Å². The van der Waals surface area contributed by atoms with Gasteiger partial charge in [-0.2, -0.15) is 5.10 Å². The molecule has 114 valence electrons. The summed E-state index contributed by atoms with van der Waals surface area (Å²) in [5.41, 5.74) is 1.40. The highest BCUT2D eigenvalue weighted by atomic mass is 79.9. The van der Waals surface area contributed by atoms with Gasteiger partial charge in [-0.3, -0.25) is 4.68 Å². The molecule has 0 fully saturated rings. The quantitative estimate of drug-likeness (QED) is 0.894. The molecule has 21 heavy (non-hydrogen) atoms. The van der Waals surface area contributed by atoms with Crippen molar-refractivity contribution in [3.63, 3.8) is 0 Å². The molecule has 1 unspecified atom stereocenters. The normalized spacial score (nSPS) is 12.5. The van der Waals surface area contributed by atoms with Crippen molar-refractivity contribution < 1.29 is 14.6 Å². The van der Waals surface area contributed by atoms with Crippen LogP contribution in [0.15, 0.2) is 28.9 Å². The molecule has 6 heteroatoms. The minimum absolute atomic E-state index is 0.147. The van der Waals surface area contributed by atoms with E-state index < -0.39 is 6.10 Å². The lowest BCUT2D eigenvalue weighted by molar-refractivity contribution is 0.203. The highest BCUT2D eigenvalue weighted by molar-refractivity contribution is 9.10. The summed E-state index contributed by atoms with van der Waals surface area (Å²) in [5, 5.41) is 15.0. The lowest BCUT2D eigenvalue weighted by atomic mass is 10.1. The number of nitrogens with zero attached hydrogens (tertiary/aromatic N) is 2. The summed E-state index contributed by atoms with van der Waals surface area (Å²) in [6, 6.07) is 5.49. The molecule has 0 amide bonds. The number of ether oxygens (including phenoxy) is 2. The topological polar surface area (TPSA) is 56.5 Å². The van der Waals surface area contributed by atoms with Crippen molar-refractivity contribution in [3.05, 3.63) is 40.1 Å². The fourth-order valence-corrected chi connectivity index (χ4v) is 2.65. The Morgan fingerprint density at radius 2 is 1.71 bits per heavy atom. The molecule has 1 atom stereocenters. The molecule has 2 rings (SSSR count). The minimum Gasteiger partial charge on any atom is -0.497 e. The maximum atomic E-state index is 10.7. The molecule has 0 spiro atoms. The van der Waals surface area contributed by atoms with Crippen LogP contribution in [0, 0.1) is 0 Å². The van der Waals surface area contributed by atoms with Crippen LogP contribution >= 0.6 is 15.9 Å². The van der Waals surface area contributed by atoms with E-state index in [0.717, 1.165) is 4.47 Å². The lowest BCUT2D eigenvalue weighted by Crippen LogP contribution is -2.12. The fourth-order valence-electron chi connectivity index (χ4n) is 2.16. The predicted octanol–water partition coefficient (Wildman–Crippen LogP) is 3.33. The van der Waals surface area contributed by atoms with E-state index in [1.165, 1.54) is 0 Å². The summed E-state index contributed by atoms with van der Waals surface area (Å²) < 4.78 is 13.1. The standard InChI is InChI=1S/C15H19BrN2O3/c1-9(2)18-14(13(16)8-17-18)15(19)10-5-11(20-3)7-12(6-10)21-4/h5-9,15,19H,1-4H3. The average Bonchev–Trinajstić information content (AvgIpc) is 2.87. The van der Waals surface area contributed by atoms with E-state index >= 15 is 0 Å². The highest BCUT2D eigenvalue weighted by Gasteiger charge is 2.22. The van der Waals surface area contributed by atoms with Gasteiger partial charge in [-0.25, -0.2) is 0 Å². The van der Waals surface area contributed by atoms with E-state index in [0.29, 0.717) is 22.8 Å². The smallest absolute Gasteiger partial charge is 0.122 e. The van der Waals surface area contributed by atoms with Crippen LogP contribution in [0.4, 0.5) is 0 Å². The van der Waals surface area contributed by atoms with Crippen LogP contribution in [-0.2, 0) is 0 Å². The molecule has 1 aromatic heterocycles. The number of rotatable bonds is 5. The number of hydrogen-bond acceptors (Lipinski definition) is 4. The molecule has 0 aliphatic carbocycles. The van der Waals surface area contributed by atoms with Crippen molar-refractivity contribution in [2.24, 2.45) is 0 Å². The van der Waals surface area contributed by atoms with E-state index in [4.69, 9.17) is 9.47 Å². The average molecular weight is 355 g/mol. The number of aliphatic hydroxyl groups excluding tert-OH is 1. The van der Waals surface area contributed by atoms with Crippen molar-refractivity contribution in [1.82, 2.24) is 9.78 Å². The van der Waals surface area contributed by atoms with Gasteiger partial charge in [0.25, 0.3) is 0 Å². The van der Waals surface area contributed by atoms with Crippen molar-refractivity contribution in [3.8, 4) is 11.5 Å². The molecular weight excluding hydrogens is 336 g/mol. The molecule has 0 saturated carbocycles. The van der Waals surface area contributed by atoms with Gasteiger partial charge in [-0.05, 0) is 47.5 Å². The second-order valence-corrected chi connectivity index (χ2v) is 5.82. The largest absolute Gasteiger partial charge is 0.497 e. The van der Waals surface area contributed by atoms with Crippen molar-refractivity contribution in [2.75, 3.05) is 14.2 Å². The third-order valence-corrected chi connectivity index (χ3v) is 3.84. The Kier molecular flexibility index (Phi) is 4.90. The zero-order valence-corrected chi connectivity index (χ0v) is 14.1. The molecule has 0 radical (unpaired) electrons. The first-order valence-corrected chi connectivity index (χ1v) is 7.41. The van der Waals surface area contributed by atoms with E-state index in [9.17, 15) is 5.11 Å². The number of aromatic nitrogens is 2. The Balaban J connectivity index is 2.49. The van der Waals surface area contributed by atoms with Gasteiger partial charge in [-0.1, -0.05) is 0 Å². The number of aliphatic hydroxyl groups is 1. The zero-order valence-electron chi connectivity index (χ0n) is 12.5. The molecule has 1 heterocycles. The van der Waals surface area contributed by atoms with Gasteiger partial charge in [0.15, 0.2) is 0 Å².